The molecule has 4 aromatic rings. The van der Waals surface area contributed by atoms with E-state index in [1.807, 2.05) is 69.3 Å². The summed E-state index contributed by atoms with van der Waals surface area (Å²) >= 11 is 0. The first-order valence-electron chi connectivity index (χ1n) is 10.9. The van der Waals surface area contributed by atoms with Gasteiger partial charge in [0.2, 0.25) is 0 Å². The zero-order valence-electron chi connectivity index (χ0n) is 18.7. The Morgan fingerprint density at radius 1 is 0.879 bits per heavy atom. The van der Waals surface area contributed by atoms with E-state index in [1.54, 1.807) is 24.3 Å². The molecule has 0 saturated carbocycles. The molecule has 1 saturated heterocycles. The van der Waals surface area contributed by atoms with E-state index < -0.39 is 17.7 Å². The van der Waals surface area contributed by atoms with Gasteiger partial charge in [0.15, 0.2) is 0 Å². The number of aliphatic hydroxyl groups is 1. The summed E-state index contributed by atoms with van der Waals surface area (Å²) in [6.07, 6.45) is 0. The fourth-order valence-electron chi connectivity index (χ4n) is 4.65. The van der Waals surface area contributed by atoms with Crippen LogP contribution >= 0.6 is 0 Å². The fraction of sp³-hybridized carbons (Fsp3) is 0.143. The van der Waals surface area contributed by atoms with Crippen molar-refractivity contribution in [3.63, 3.8) is 0 Å². The maximum absolute atomic E-state index is 13.4. The average molecular weight is 437 g/mol. The molecule has 0 aliphatic carbocycles. The van der Waals surface area contributed by atoms with Gasteiger partial charge in [-0.1, -0.05) is 54.6 Å². The Hall–Kier alpha value is -4.12. The van der Waals surface area contributed by atoms with Crippen LogP contribution in [0.1, 0.15) is 34.0 Å². The summed E-state index contributed by atoms with van der Waals surface area (Å²) in [6.45, 7) is 5.91. The molecule has 2 heterocycles. The highest BCUT2D eigenvalue weighted by Gasteiger charge is 2.48. The Bertz CT molecular complexity index is 1450. The van der Waals surface area contributed by atoms with Gasteiger partial charge in [-0.2, -0.15) is 0 Å². The number of Topliss-reactive ketones (excluding diaryl/α,β-unsaturated/α-hetero) is 1. The van der Waals surface area contributed by atoms with E-state index in [2.05, 4.69) is 4.98 Å². The van der Waals surface area contributed by atoms with Crippen LogP contribution in [0.5, 0.6) is 0 Å². The van der Waals surface area contributed by atoms with Gasteiger partial charge in [0.1, 0.15) is 5.76 Å². The Morgan fingerprint density at radius 3 is 2.30 bits per heavy atom. The molecule has 164 valence electrons. The van der Waals surface area contributed by atoms with Crippen LogP contribution in [0.4, 0.5) is 5.69 Å². The molecule has 1 aromatic heterocycles. The molecule has 1 aliphatic rings. The lowest BCUT2D eigenvalue weighted by atomic mass is 9.93. The van der Waals surface area contributed by atoms with Gasteiger partial charge in [-0.3, -0.25) is 14.5 Å². The highest BCUT2D eigenvalue weighted by Crippen LogP contribution is 2.45. The van der Waals surface area contributed by atoms with Crippen LogP contribution in [0.2, 0.25) is 0 Å². The minimum atomic E-state index is -0.761. The third-order valence-corrected chi connectivity index (χ3v) is 6.48. The number of fused-ring (bicyclic) bond motifs is 1. The first-order valence-corrected chi connectivity index (χ1v) is 10.9. The number of carbonyl (C=O) groups excluding carboxylic acids is 2. The van der Waals surface area contributed by atoms with Gasteiger partial charge in [0.25, 0.3) is 11.7 Å². The number of ketones is 1. The number of aromatic amines is 1. The van der Waals surface area contributed by atoms with Gasteiger partial charge in [-0.25, -0.2) is 0 Å². The molecule has 0 bridgehead atoms. The van der Waals surface area contributed by atoms with E-state index in [0.29, 0.717) is 11.3 Å². The minimum Gasteiger partial charge on any atom is -0.507 e. The predicted octanol–water partition coefficient (Wildman–Crippen LogP) is 5.72. The lowest BCUT2D eigenvalue weighted by Gasteiger charge is -2.26. The third kappa shape index (κ3) is 3.24. The summed E-state index contributed by atoms with van der Waals surface area (Å²) in [5, 5.41) is 12.2. The minimum absolute atomic E-state index is 0.0947. The second-order valence-corrected chi connectivity index (χ2v) is 8.51. The number of benzene rings is 3. The third-order valence-electron chi connectivity index (χ3n) is 6.48. The van der Waals surface area contributed by atoms with Crippen molar-refractivity contribution < 1.29 is 14.7 Å². The molecule has 33 heavy (non-hydrogen) atoms. The lowest BCUT2D eigenvalue weighted by Crippen LogP contribution is -2.29. The number of para-hydroxylation sites is 1. The number of carbonyl (C=O) groups is 2. The van der Waals surface area contributed by atoms with Gasteiger partial charge in [-0.15, -0.1) is 0 Å². The van der Waals surface area contributed by atoms with Crippen LogP contribution < -0.4 is 4.90 Å². The number of aromatic nitrogens is 1. The SMILES string of the molecule is Cc1ccc(N2C(=O)C(=O)/C(=C(/O)c3ccccc3)C2c2c(C)[nH]c3ccccc23)cc1C. The molecule has 0 radical (unpaired) electrons. The Balaban J connectivity index is 1.83. The Kier molecular flexibility index (Phi) is 4.90. The molecular formula is C28H24N2O3. The molecule has 5 heteroatoms. The highest BCUT2D eigenvalue weighted by molar-refractivity contribution is 6.52. The number of hydrogen-bond donors (Lipinski definition) is 2. The molecule has 5 rings (SSSR count). The van der Waals surface area contributed by atoms with Crippen LogP contribution in [-0.2, 0) is 9.59 Å². The fourth-order valence-corrected chi connectivity index (χ4v) is 4.65. The average Bonchev–Trinajstić information content (AvgIpc) is 3.28. The number of nitrogens with one attached hydrogen (secondary N) is 1. The number of aryl methyl sites for hydroxylation is 3. The first kappa shape index (κ1) is 20.8. The maximum atomic E-state index is 13.4. The summed E-state index contributed by atoms with van der Waals surface area (Å²) in [5.41, 5.74) is 5.90. The molecule has 2 N–H and O–H groups in total. The largest absolute Gasteiger partial charge is 0.507 e. The summed E-state index contributed by atoms with van der Waals surface area (Å²) in [6, 6.07) is 21.6. The molecule has 1 atom stereocenters. The van der Waals surface area contributed by atoms with E-state index >= 15 is 0 Å². The summed E-state index contributed by atoms with van der Waals surface area (Å²) < 4.78 is 0. The predicted molar refractivity (Wildman–Crippen MR) is 130 cm³/mol. The number of anilines is 1. The summed E-state index contributed by atoms with van der Waals surface area (Å²) in [7, 11) is 0. The van der Waals surface area contributed by atoms with Crippen molar-refractivity contribution in [1.82, 2.24) is 4.98 Å². The topological polar surface area (TPSA) is 73.4 Å². The molecule has 0 spiro atoms. The van der Waals surface area contributed by atoms with Crippen molar-refractivity contribution >= 4 is 34.0 Å². The van der Waals surface area contributed by atoms with Crippen molar-refractivity contribution in [2.75, 3.05) is 4.90 Å². The van der Waals surface area contributed by atoms with Crippen molar-refractivity contribution in [1.29, 1.82) is 0 Å². The summed E-state index contributed by atoms with van der Waals surface area (Å²) in [4.78, 5) is 31.7. The van der Waals surface area contributed by atoms with Crippen LogP contribution in [0.25, 0.3) is 16.7 Å². The van der Waals surface area contributed by atoms with Crippen LogP contribution in [0.15, 0.2) is 78.4 Å². The number of aliphatic hydroxyl groups excluding tert-OH is 1. The van der Waals surface area contributed by atoms with Crippen LogP contribution in [0, 0.1) is 20.8 Å². The Labute approximate surface area is 192 Å². The molecule has 1 aliphatic heterocycles. The Morgan fingerprint density at radius 2 is 1.58 bits per heavy atom. The normalized spacial score (nSPS) is 17.8. The molecule has 1 fully saturated rings. The van der Waals surface area contributed by atoms with Crippen LogP contribution in [0.3, 0.4) is 0 Å². The first-order chi connectivity index (χ1) is 15.9. The van der Waals surface area contributed by atoms with Gasteiger partial charge >= 0.3 is 0 Å². The smallest absolute Gasteiger partial charge is 0.300 e. The van der Waals surface area contributed by atoms with Crippen molar-refractivity contribution in [2.45, 2.75) is 26.8 Å². The second kappa shape index (κ2) is 7.78. The van der Waals surface area contributed by atoms with E-state index in [1.165, 1.54) is 4.90 Å². The number of nitrogens with zero attached hydrogens (tertiary/aromatic N) is 1. The molecule has 3 aromatic carbocycles. The maximum Gasteiger partial charge on any atom is 0.300 e. The standard InChI is InChI=1S/C28H24N2O3/c1-16-13-14-20(15-17(16)2)30-25(23-18(3)29-22-12-8-7-11-21(22)23)24(27(32)28(30)33)26(31)19-9-5-4-6-10-19/h4-15,25,29,31H,1-3H3/b26-24+. The number of H-pyrrole nitrogens is 1. The molecule has 5 nitrogen and oxygen atoms in total. The quantitative estimate of drug-likeness (QED) is 0.245. The van der Waals surface area contributed by atoms with E-state index in [9.17, 15) is 14.7 Å². The van der Waals surface area contributed by atoms with Crippen LogP contribution in [-0.4, -0.2) is 21.8 Å². The van der Waals surface area contributed by atoms with Gasteiger partial charge in [0.05, 0.1) is 11.6 Å². The van der Waals surface area contributed by atoms with Gasteiger partial charge < -0.3 is 10.1 Å². The second-order valence-electron chi connectivity index (χ2n) is 8.51. The lowest BCUT2D eigenvalue weighted by molar-refractivity contribution is -0.132. The van der Waals surface area contributed by atoms with Crippen molar-refractivity contribution in [3.05, 3.63) is 106 Å². The van der Waals surface area contributed by atoms with E-state index in [4.69, 9.17) is 0 Å². The van der Waals surface area contributed by atoms with E-state index in [-0.39, 0.29) is 11.3 Å². The zero-order chi connectivity index (χ0) is 23.3. The monoisotopic (exact) mass is 436 g/mol. The number of amides is 1. The van der Waals surface area contributed by atoms with Gasteiger partial charge in [0, 0.05) is 33.4 Å². The van der Waals surface area contributed by atoms with Crippen molar-refractivity contribution in [2.24, 2.45) is 0 Å². The molecular weight excluding hydrogens is 412 g/mol. The number of rotatable bonds is 3. The number of hydrogen-bond acceptors (Lipinski definition) is 3. The van der Waals surface area contributed by atoms with Crippen molar-refractivity contribution in [3.8, 4) is 0 Å². The van der Waals surface area contributed by atoms with Gasteiger partial charge in [-0.05, 0) is 50.1 Å². The zero-order valence-corrected chi connectivity index (χ0v) is 18.7. The van der Waals surface area contributed by atoms with E-state index in [0.717, 1.165) is 33.3 Å². The molecule has 1 unspecified atom stereocenters. The summed E-state index contributed by atoms with van der Waals surface area (Å²) in [5.74, 6) is -1.51. The molecule has 1 amide bonds. The highest BCUT2D eigenvalue weighted by atomic mass is 16.3.